The number of para-hydroxylation sites is 1. The Kier molecular flexibility index (Phi) is 10.6. The van der Waals surface area contributed by atoms with Crippen LogP contribution in [0, 0.1) is 0 Å². The molecule has 13 nitrogen and oxygen atoms in total. The number of nitrogen functional groups attached to an aromatic ring is 1. The van der Waals surface area contributed by atoms with Gasteiger partial charge in [-0.15, -0.1) is 0 Å². The molecule has 1 aliphatic heterocycles. The van der Waals surface area contributed by atoms with Gasteiger partial charge in [-0.1, -0.05) is 66.7 Å². The molecule has 0 amide bonds. The molecule has 4 aromatic rings. The zero-order valence-corrected chi connectivity index (χ0v) is 26.3. The fourth-order valence-electron chi connectivity index (χ4n) is 4.64. The second kappa shape index (κ2) is 14.9. The number of carbonyl (C=O) groups is 2. The van der Waals surface area contributed by atoms with Crippen molar-refractivity contribution in [1.29, 1.82) is 0 Å². The van der Waals surface area contributed by atoms with Crippen LogP contribution in [0.25, 0.3) is 0 Å². The smallest absolute Gasteiger partial charge is 0.459 e. The Hall–Kier alpha value is -4.95. The summed E-state index contributed by atoms with van der Waals surface area (Å²) in [7, 11) is -4.58. The quantitative estimate of drug-likeness (QED) is 0.149. The zero-order chi connectivity index (χ0) is 34.3. The molecule has 0 unspecified atom stereocenters. The molecule has 5 atom stereocenters. The van der Waals surface area contributed by atoms with Gasteiger partial charge in [0.2, 0.25) is 6.23 Å². The summed E-state index contributed by atoms with van der Waals surface area (Å²) in [5.41, 5.74) is 5.03. The largest absolute Gasteiger partial charge is 0.460 e. The van der Waals surface area contributed by atoms with E-state index in [9.17, 15) is 18.9 Å². The molecule has 1 fully saturated rings. The van der Waals surface area contributed by atoms with E-state index in [1.165, 1.54) is 43.3 Å². The van der Waals surface area contributed by atoms with Gasteiger partial charge in [-0.2, -0.15) is 18.9 Å². The molecule has 0 radical (unpaired) electrons. The predicted octanol–water partition coefficient (Wildman–Crippen LogP) is 4.51. The van der Waals surface area contributed by atoms with Crippen LogP contribution in [0.15, 0.2) is 108 Å². The van der Waals surface area contributed by atoms with Crippen LogP contribution in [0.3, 0.4) is 0 Å². The summed E-state index contributed by atoms with van der Waals surface area (Å²) in [5.74, 6) is -6.13. The molecule has 5 rings (SSSR count). The Morgan fingerprint density at radius 1 is 1.02 bits per heavy atom. The molecule has 1 saturated heterocycles. The number of hydrogen-bond donors (Lipinski definition) is 2. The van der Waals surface area contributed by atoms with Crippen LogP contribution < -0.4 is 21.0 Å². The Bertz CT molecular complexity index is 1820. The highest BCUT2D eigenvalue weighted by molar-refractivity contribution is 7.52. The zero-order valence-electron chi connectivity index (χ0n) is 25.4. The van der Waals surface area contributed by atoms with Crippen molar-refractivity contribution in [2.24, 2.45) is 0 Å². The Morgan fingerprint density at radius 2 is 1.65 bits per heavy atom. The first-order valence-corrected chi connectivity index (χ1v) is 16.1. The van der Waals surface area contributed by atoms with E-state index >= 15 is 8.78 Å². The molecule has 0 spiro atoms. The number of nitrogens with zero attached hydrogens (tertiary/aromatic N) is 2. The average Bonchev–Trinajstić information content (AvgIpc) is 3.32. The molecule has 1 aromatic heterocycles. The van der Waals surface area contributed by atoms with E-state index in [0.717, 1.165) is 12.3 Å². The first-order chi connectivity index (χ1) is 22.9. The number of esters is 2. The number of nitrogens with two attached hydrogens (primary N) is 1. The number of benzene rings is 3. The van der Waals surface area contributed by atoms with Gasteiger partial charge in [0.25, 0.3) is 0 Å². The molecule has 1 aliphatic rings. The van der Waals surface area contributed by atoms with Crippen molar-refractivity contribution in [2.75, 3.05) is 12.3 Å². The monoisotopic (exact) mass is 684 g/mol. The maximum Gasteiger partial charge on any atom is 0.459 e. The number of nitrogens with one attached hydrogen (secondary N) is 1. The predicted molar refractivity (Wildman–Crippen MR) is 167 cm³/mol. The molecule has 252 valence electrons. The maximum atomic E-state index is 16.0. The maximum absolute atomic E-state index is 16.0. The Balaban J connectivity index is 1.39. The van der Waals surface area contributed by atoms with Crippen molar-refractivity contribution in [3.63, 3.8) is 0 Å². The van der Waals surface area contributed by atoms with Gasteiger partial charge in [-0.05, 0) is 42.8 Å². The molecular weight excluding hydrogens is 653 g/mol. The lowest BCUT2D eigenvalue weighted by Crippen LogP contribution is -2.45. The molecule has 0 aliphatic carbocycles. The second-order valence-electron chi connectivity index (χ2n) is 10.6. The van der Waals surface area contributed by atoms with E-state index in [2.05, 4.69) is 10.1 Å². The third-order valence-electron chi connectivity index (χ3n) is 7.00. The fraction of sp³-hybridized carbons (Fsp3) is 0.250. The summed E-state index contributed by atoms with van der Waals surface area (Å²) in [6, 6.07) is 23.8. The van der Waals surface area contributed by atoms with Crippen LogP contribution in [-0.2, 0) is 34.7 Å². The van der Waals surface area contributed by atoms with Crippen molar-refractivity contribution in [1.82, 2.24) is 14.6 Å². The third-order valence-corrected chi connectivity index (χ3v) is 8.65. The van der Waals surface area contributed by atoms with Crippen molar-refractivity contribution < 1.29 is 46.2 Å². The van der Waals surface area contributed by atoms with Gasteiger partial charge < -0.3 is 24.5 Å². The molecule has 0 bridgehead atoms. The number of alkyl halides is 2. The van der Waals surface area contributed by atoms with Crippen LogP contribution in [0.2, 0.25) is 0 Å². The molecule has 0 saturated carbocycles. The van der Waals surface area contributed by atoms with E-state index in [1.807, 2.05) is 0 Å². The number of anilines is 1. The lowest BCUT2D eigenvalue weighted by molar-refractivity contribution is -0.146. The average molecular weight is 685 g/mol. The number of halogens is 2. The lowest BCUT2D eigenvalue weighted by Gasteiger charge is -2.26. The van der Waals surface area contributed by atoms with Crippen LogP contribution in [0.1, 0.15) is 29.1 Å². The minimum atomic E-state index is -4.58. The van der Waals surface area contributed by atoms with Gasteiger partial charge in [-0.3, -0.25) is 13.9 Å². The van der Waals surface area contributed by atoms with E-state index < -0.39 is 62.4 Å². The van der Waals surface area contributed by atoms with E-state index in [1.54, 1.807) is 54.6 Å². The number of hydrogen-bond acceptors (Lipinski definition) is 11. The standard InChI is InChI=1S/C32H31F2N4O9P/c1-21(28(39)43-19-22-11-5-2-6-12-22)37-48(42,47-24-15-9-4-10-16-24)44-20-25-27(46-29(40)23-13-7-3-8-14-23)32(33,34)30(45-25)38-18-17-26(35)36-31(38)41/h2-18,21,25,27,30H,19-20H2,1H3,(H,37,42)(H2,35,36,41)/t21-,25+,27+,30+,48+/m0/s1. The summed E-state index contributed by atoms with van der Waals surface area (Å²) < 4.78 is 73.9. The highest BCUT2D eigenvalue weighted by Gasteiger charge is 2.63. The fourth-order valence-corrected chi connectivity index (χ4v) is 6.14. The van der Waals surface area contributed by atoms with E-state index in [0.29, 0.717) is 10.1 Å². The van der Waals surface area contributed by atoms with Crippen molar-refractivity contribution in [3.05, 3.63) is 125 Å². The molecule has 3 aromatic carbocycles. The van der Waals surface area contributed by atoms with E-state index in [4.69, 9.17) is 29.0 Å². The van der Waals surface area contributed by atoms with Crippen LogP contribution >= 0.6 is 7.75 Å². The van der Waals surface area contributed by atoms with Crippen molar-refractivity contribution >= 4 is 25.5 Å². The van der Waals surface area contributed by atoms with Crippen LogP contribution in [0.5, 0.6) is 5.75 Å². The Morgan fingerprint density at radius 3 is 2.29 bits per heavy atom. The first-order valence-electron chi connectivity index (χ1n) is 14.6. The van der Waals surface area contributed by atoms with Crippen LogP contribution in [0.4, 0.5) is 14.6 Å². The number of carbonyl (C=O) groups excluding carboxylic acids is 2. The number of rotatable bonds is 13. The Labute approximate surface area is 273 Å². The normalized spacial score (nSPS) is 20.3. The molecule has 2 heterocycles. The molecular formula is C32H31F2N4O9P. The van der Waals surface area contributed by atoms with Gasteiger partial charge in [0.1, 0.15) is 30.3 Å². The topological polar surface area (TPSA) is 170 Å². The SMILES string of the molecule is C[C@H](N[P@@](=O)(OC[C@H]1O[C@@H](n2ccc(N)nc2=O)C(F)(F)[C@@H]1OC(=O)c1ccccc1)Oc1ccccc1)C(=O)OCc1ccccc1. The minimum Gasteiger partial charge on any atom is -0.460 e. The van der Waals surface area contributed by atoms with Gasteiger partial charge in [0.15, 0.2) is 6.10 Å². The minimum absolute atomic E-state index is 0.0367. The summed E-state index contributed by atoms with van der Waals surface area (Å²) >= 11 is 0. The van der Waals surface area contributed by atoms with Crippen LogP contribution in [-0.4, -0.2) is 52.3 Å². The summed E-state index contributed by atoms with van der Waals surface area (Å²) in [6.07, 6.45) is -5.53. The third kappa shape index (κ3) is 8.30. The molecule has 16 heteroatoms. The highest BCUT2D eigenvalue weighted by Crippen LogP contribution is 2.49. The molecule has 48 heavy (non-hydrogen) atoms. The number of ether oxygens (including phenoxy) is 3. The highest BCUT2D eigenvalue weighted by atomic mass is 31.2. The lowest BCUT2D eigenvalue weighted by atomic mass is 10.1. The second-order valence-corrected chi connectivity index (χ2v) is 12.3. The molecule has 3 N–H and O–H groups in total. The van der Waals surface area contributed by atoms with Gasteiger partial charge >= 0.3 is 31.3 Å². The first kappa shape index (κ1) is 34.4. The van der Waals surface area contributed by atoms with Crippen molar-refractivity contribution in [2.45, 2.75) is 43.9 Å². The van der Waals surface area contributed by atoms with Gasteiger partial charge in [0, 0.05) is 6.20 Å². The summed E-state index contributed by atoms with van der Waals surface area (Å²) in [5, 5.41) is 2.47. The number of aromatic nitrogens is 2. The summed E-state index contributed by atoms with van der Waals surface area (Å²) in [4.78, 5) is 41.7. The van der Waals surface area contributed by atoms with E-state index in [-0.39, 0.29) is 23.7 Å². The van der Waals surface area contributed by atoms with Crippen molar-refractivity contribution in [3.8, 4) is 5.75 Å². The summed E-state index contributed by atoms with van der Waals surface area (Å²) in [6.45, 7) is 0.356. The van der Waals surface area contributed by atoms with Gasteiger partial charge in [0.05, 0.1) is 12.2 Å². The van der Waals surface area contributed by atoms with Gasteiger partial charge in [-0.25, -0.2) is 14.2 Å².